The third kappa shape index (κ3) is 6.62. The van der Waals surface area contributed by atoms with Crippen LogP contribution in [0.4, 0.5) is 0 Å². The van der Waals surface area contributed by atoms with E-state index >= 15 is 0 Å². The predicted octanol–water partition coefficient (Wildman–Crippen LogP) is 6.30. The Labute approximate surface area is 234 Å². The highest BCUT2D eigenvalue weighted by Gasteiger charge is 2.60. The fraction of sp³-hybridized carbons (Fsp3) is 0.970. The van der Waals surface area contributed by atoms with Crippen molar-refractivity contribution < 1.29 is 9.53 Å². The van der Waals surface area contributed by atoms with Crippen LogP contribution in [-0.2, 0) is 9.53 Å². The smallest absolute Gasteiger partial charge is 0.306 e. The second-order valence-corrected chi connectivity index (χ2v) is 14.6. The minimum absolute atomic E-state index is 0.00216. The van der Waals surface area contributed by atoms with Crippen LogP contribution in [0.3, 0.4) is 0 Å². The van der Waals surface area contributed by atoms with Gasteiger partial charge in [-0.1, -0.05) is 20.8 Å². The van der Waals surface area contributed by atoms with E-state index in [9.17, 15) is 4.79 Å². The van der Waals surface area contributed by atoms with Crippen molar-refractivity contribution in [3.05, 3.63) is 0 Å². The topological polar surface area (TPSA) is 76.4 Å². The summed E-state index contributed by atoms with van der Waals surface area (Å²) in [5, 5.41) is 7.44. The number of carbonyl (C=O) groups excluding carboxylic acids is 1. The van der Waals surface area contributed by atoms with E-state index in [4.69, 9.17) is 10.5 Å². The van der Waals surface area contributed by atoms with Gasteiger partial charge in [-0.3, -0.25) is 4.79 Å². The number of nitrogens with two attached hydrogens (primary N) is 1. The molecular formula is C33H61N3O2. The normalized spacial score (nSPS) is 39.3. The van der Waals surface area contributed by atoms with Gasteiger partial charge in [0.15, 0.2) is 0 Å². The van der Waals surface area contributed by atoms with E-state index < -0.39 is 0 Å². The molecule has 5 nitrogen and oxygen atoms in total. The molecule has 0 aliphatic heterocycles. The Kier molecular flexibility index (Phi) is 10.6. The lowest BCUT2D eigenvalue weighted by atomic mass is 9.44. The zero-order valence-corrected chi connectivity index (χ0v) is 25.5. The largest absolute Gasteiger partial charge is 0.463 e. The molecule has 0 aromatic heterocycles. The molecule has 0 bridgehead atoms. The molecule has 4 aliphatic rings. The Bertz CT molecular complexity index is 759. The predicted molar refractivity (Wildman–Crippen MR) is 158 cm³/mol. The number of ether oxygens (including phenoxy) is 1. The van der Waals surface area contributed by atoms with Gasteiger partial charge in [0.2, 0.25) is 0 Å². The van der Waals surface area contributed by atoms with Crippen LogP contribution in [0.2, 0.25) is 0 Å². The van der Waals surface area contributed by atoms with Gasteiger partial charge in [0.1, 0.15) is 0 Å². The number of hydrogen-bond donors (Lipinski definition) is 3. The highest BCUT2D eigenvalue weighted by atomic mass is 16.5. The van der Waals surface area contributed by atoms with Gasteiger partial charge in [-0.05, 0) is 163 Å². The number of hydrogen-bond acceptors (Lipinski definition) is 5. The molecule has 0 heterocycles. The van der Waals surface area contributed by atoms with Gasteiger partial charge in [-0.2, -0.15) is 0 Å². The zero-order valence-electron chi connectivity index (χ0n) is 25.5. The lowest BCUT2D eigenvalue weighted by molar-refractivity contribution is -0.148. The second kappa shape index (κ2) is 13.3. The SMILES string of the molecule is CC(C)OC(=O)CC[C@@H](C)C1CCC2C3CCC4C[C@@H](NCCCNCCCN)CC[C@]4(C)C3CC[C@@]21C. The second-order valence-electron chi connectivity index (χ2n) is 14.6. The molecule has 4 N–H and O–H groups in total. The summed E-state index contributed by atoms with van der Waals surface area (Å²) in [6.45, 7) is 15.8. The van der Waals surface area contributed by atoms with Crippen LogP contribution < -0.4 is 16.4 Å². The molecule has 4 fully saturated rings. The molecule has 9 atom stereocenters. The minimum Gasteiger partial charge on any atom is -0.463 e. The average molecular weight is 532 g/mol. The first kappa shape index (κ1) is 30.3. The maximum atomic E-state index is 12.2. The maximum Gasteiger partial charge on any atom is 0.306 e. The van der Waals surface area contributed by atoms with Crippen LogP contribution in [0.5, 0.6) is 0 Å². The highest BCUT2D eigenvalue weighted by molar-refractivity contribution is 5.69. The van der Waals surface area contributed by atoms with E-state index in [-0.39, 0.29) is 12.1 Å². The van der Waals surface area contributed by atoms with E-state index in [1.165, 1.54) is 64.2 Å². The van der Waals surface area contributed by atoms with E-state index in [1.54, 1.807) is 0 Å². The Balaban J connectivity index is 1.28. The number of carbonyl (C=O) groups is 1. The summed E-state index contributed by atoms with van der Waals surface area (Å²) in [6, 6.07) is 0.724. The first-order chi connectivity index (χ1) is 18.2. The van der Waals surface area contributed by atoms with E-state index in [0.29, 0.717) is 23.2 Å². The molecule has 0 aromatic carbocycles. The quantitative estimate of drug-likeness (QED) is 0.192. The molecular weight excluding hydrogens is 470 g/mol. The Hall–Kier alpha value is -0.650. The lowest BCUT2D eigenvalue weighted by Gasteiger charge is -2.61. The molecule has 220 valence electrons. The van der Waals surface area contributed by atoms with Crippen LogP contribution >= 0.6 is 0 Å². The van der Waals surface area contributed by atoms with Crippen molar-refractivity contribution in [3.8, 4) is 0 Å². The van der Waals surface area contributed by atoms with Crippen molar-refractivity contribution in [2.45, 2.75) is 130 Å². The molecule has 0 spiro atoms. The number of nitrogens with one attached hydrogen (secondary N) is 2. The third-order valence-electron chi connectivity index (χ3n) is 12.1. The van der Waals surface area contributed by atoms with Gasteiger partial charge in [0.25, 0.3) is 0 Å². The van der Waals surface area contributed by atoms with E-state index in [0.717, 1.165) is 74.7 Å². The molecule has 4 saturated carbocycles. The van der Waals surface area contributed by atoms with Crippen molar-refractivity contribution in [3.63, 3.8) is 0 Å². The standard InChI is InChI=1S/C33H61N3O2/c1-23(2)38-31(37)13-8-24(3)28-11-12-29-27-10-9-25-22-26(36-21-7-20-35-19-6-18-34)14-16-32(25,4)30(27)15-17-33(28,29)5/h23-30,35-36H,6-22,34H2,1-5H3/t24-,25?,26+,27?,28?,29?,30?,32+,33-/m1/s1. The van der Waals surface area contributed by atoms with Crippen LogP contribution in [-0.4, -0.2) is 44.3 Å². The third-order valence-corrected chi connectivity index (χ3v) is 12.1. The number of fused-ring (bicyclic) bond motifs is 5. The van der Waals surface area contributed by atoms with Gasteiger partial charge < -0.3 is 21.1 Å². The summed E-state index contributed by atoms with van der Waals surface area (Å²) in [5.41, 5.74) is 6.61. The summed E-state index contributed by atoms with van der Waals surface area (Å²) in [6.07, 6.45) is 16.6. The van der Waals surface area contributed by atoms with Crippen LogP contribution in [0.15, 0.2) is 0 Å². The zero-order chi connectivity index (χ0) is 27.3. The van der Waals surface area contributed by atoms with Gasteiger partial charge in [-0.25, -0.2) is 0 Å². The Morgan fingerprint density at radius 2 is 1.66 bits per heavy atom. The molecule has 0 aromatic rings. The van der Waals surface area contributed by atoms with E-state index in [1.807, 2.05) is 13.8 Å². The van der Waals surface area contributed by atoms with Crippen molar-refractivity contribution >= 4 is 5.97 Å². The average Bonchev–Trinajstić information content (AvgIpc) is 3.23. The summed E-state index contributed by atoms with van der Waals surface area (Å²) in [4.78, 5) is 12.2. The van der Waals surface area contributed by atoms with Gasteiger partial charge >= 0.3 is 5.97 Å². The minimum atomic E-state index is -0.00854. The van der Waals surface area contributed by atoms with Crippen LogP contribution in [0.1, 0.15) is 118 Å². The van der Waals surface area contributed by atoms with Crippen LogP contribution in [0.25, 0.3) is 0 Å². The van der Waals surface area contributed by atoms with Gasteiger partial charge in [0, 0.05) is 12.5 Å². The van der Waals surface area contributed by atoms with Crippen molar-refractivity contribution in [1.29, 1.82) is 0 Å². The fourth-order valence-electron chi connectivity index (χ4n) is 10.2. The Morgan fingerprint density at radius 1 is 0.921 bits per heavy atom. The lowest BCUT2D eigenvalue weighted by Crippen LogP contribution is -2.55. The summed E-state index contributed by atoms with van der Waals surface area (Å²) >= 11 is 0. The summed E-state index contributed by atoms with van der Waals surface area (Å²) in [7, 11) is 0. The van der Waals surface area contributed by atoms with Gasteiger partial charge in [-0.15, -0.1) is 0 Å². The summed E-state index contributed by atoms with van der Waals surface area (Å²) in [5.74, 6) is 5.05. The monoisotopic (exact) mass is 531 g/mol. The fourth-order valence-corrected chi connectivity index (χ4v) is 10.2. The van der Waals surface area contributed by atoms with Crippen molar-refractivity contribution in [1.82, 2.24) is 10.6 Å². The Morgan fingerprint density at radius 3 is 2.42 bits per heavy atom. The highest BCUT2D eigenvalue weighted by Crippen LogP contribution is 2.68. The molecule has 4 rings (SSSR count). The van der Waals surface area contributed by atoms with Crippen LogP contribution in [0, 0.1) is 46.3 Å². The molecule has 5 heteroatoms. The summed E-state index contributed by atoms with van der Waals surface area (Å²) < 4.78 is 5.43. The van der Waals surface area contributed by atoms with E-state index in [2.05, 4.69) is 31.4 Å². The molecule has 0 radical (unpaired) electrons. The molecule has 4 aliphatic carbocycles. The van der Waals surface area contributed by atoms with Gasteiger partial charge in [0.05, 0.1) is 6.10 Å². The molecule has 5 unspecified atom stereocenters. The maximum absolute atomic E-state index is 12.2. The first-order valence-corrected chi connectivity index (χ1v) is 16.5. The molecule has 0 saturated heterocycles. The number of rotatable bonds is 13. The van der Waals surface area contributed by atoms with Crippen molar-refractivity contribution in [2.24, 2.45) is 52.1 Å². The van der Waals surface area contributed by atoms with Crippen molar-refractivity contribution in [2.75, 3.05) is 26.2 Å². The number of esters is 1. The molecule has 0 amide bonds. The molecule has 38 heavy (non-hydrogen) atoms. The first-order valence-electron chi connectivity index (χ1n) is 16.5.